The van der Waals surface area contributed by atoms with Gasteiger partial charge in [-0.25, -0.2) is 0 Å². The Morgan fingerprint density at radius 2 is 1.83 bits per heavy atom. The molecule has 0 spiro atoms. The maximum absolute atomic E-state index is 12.0. The molecule has 2 atom stereocenters. The van der Waals surface area contributed by atoms with Gasteiger partial charge in [-0.15, -0.1) is 0 Å². The largest absolute Gasteiger partial charge is 0.393 e. The Morgan fingerprint density at radius 3 is 2.50 bits per heavy atom. The summed E-state index contributed by atoms with van der Waals surface area (Å²) in [6.07, 6.45) is 5.38. The molecule has 3 N–H and O–H groups in total. The minimum Gasteiger partial charge on any atom is -0.393 e. The van der Waals surface area contributed by atoms with Crippen molar-refractivity contribution in [2.24, 2.45) is 5.92 Å². The molecule has 0 heterocycles. The van der Waals surface area contributed by atoms with Crippen LogP contribution >= 0.6 is 0 Å². The van der Waals surface area contributed by atoms with Gasteiger partial charge < -0.3 is 15.7 Å². The maximum atomic E-state index is 12.0. The summed E-state index contributed by atoms with van der Waals surface area (Å²) in [6.45, 7) is 2.51. The average molecular weight is 332 g/mol. The second-order valence-electron chi connectivity index (χ2n) is 6.59. The second kappa shape index (κ2) is 9.42. The molecule has 2 amide bonds. The Hall–Kier alpha value is -1.88. The molecule has 0 saturated heterocycles. The van der Waals surface area contributed by atoms with Crippen molar-refractivity contribution in [2.45, 2.75) is 58.0 Å². The third kappa shape index (κ3) is 5.96. The highest BCUT2D eigenvalue weighted by Gasteiger charge is 2.23. The molecule has 1 saturated carbocycles. The number of hydrogen-bond acceptors (Lipinski definition) is 3. The Bertz CT molecular complexity index is 542. The lowest BCUT2D eigenvalue weighted by Crippen LogP contribution is -2.37. The number of rotatable bonds is 7. The van der Waals surface area contributed by atoms with Crippen molar-refractivity contribution in [1.29, 1.82) is 0 Å². The molecule has 1 aliphatic rings. The topological polar surface area (TPSA) is 78.4 Å². The molecule has 2 rings (SSSR count). The molecule has 0 unspecified atom stereocenters. The van der Waals surface area contributed by atoms with Gasteiger partial charge in [0.05, 0.1) is 12.5 Å². The number of carbonyl (C=O) groups excluding carboxylic acids is 2. The zero-order valence-electron chi connectivity index (χ0n) is 14.4. The van der Waals surface area contributed by atoms with E-state index in [1.54, 1.807) is 0 Å². The molecule has 1 aliphatic carbocycles. The molecule has 0 radical (unpaired) electrons. The summed E-state index contributed by atoms with van der Waals surface area (Å²) in [5.74, 6) is 0.156. The zero-order valence-corrected chi connectivity index (χ0v) is 14.4. The number of anilines is 1. The number of aliphatic hydroxyl groups excluding tert-OH is 1. The van der Waals surface area contributed by atoms with Crippen LogP contribution < -0.4 is 10.6 Å². The van der Waals surface area contributed by atoms with Crippen LogP contribution in [-0.4, -0.2) is 29.6 Å². The first-order valence-corrected chi connectivity index (χ1v) is 8.92. The van der Waals surface area contributed by atoms with Crippen LogP contribution in [0.3, 0.4) is 0 Å². The molecule has 1 fully saturated rings. The molecule has 5 heteroatoms. The first-order chi connectivity index (χ1) is 11.6. The quantitative estimate of drug-likeness (QED) is 0.718. The Labute approximate surface area is 143 Å². The predicted octanol–water partition coefficient (Wildman–Crippen LogP) is 2.64. The fourth-order valence-corrected chi connectivity index (χ4v) is 3.08. The van der Waals surface area contributed by atoms with Crippen molar-refractivity contribution in [3.05, 3.63) is 29.8 Å². The van der Waals surface area contributed by atoms with Crippen molar-refractivity contribution >= 4 is 17.5 Å². The smallest absolute Gasteiger partial charge is 0.224 e. The standard InChI is InChI=1S/C19H28N2O3/c1-2-5-18(23)21-16-10-8-14(9-11-16)12-19(24)20-13-15-6-3-4-7-17(15)22/h8-11,15,17,22H,2-7,12-13H2,1H3,(H,20,24)(H,21,23)/t15-,17-/m0/s1. The molecule has 0 aliphatic heterocycles. The summed E-state index contributed by atoms with van der Waals surface area (Å²) in [6, 6.07) is 7.36. The number of hydrogen-bond donors (Lipinski definition) is 3. The fourth-order valence-electron chi connectivity index (χ4n) is 3.08. The normalized spacial score (nSPS) is 20.4. The number of benzene rings is 1. The molecule has 1 aromatic carbocycles. The van der Waals surface area contributed by atoms with Crippen LogP contribution in [0.25, 0.3) is 0 Å². The number of aliphatic hydroxyl groups is 1. The van der Waals surface area contributed by atoms with Crippen molar-refractivity contribution in [3.8, 4) is 0 Å². The van der Waals surface area contributed by atoms with E-state index in [9.17, 15) is 14.7 Å². The summed E-state index contributed by atoms with van der Waals surface area (Å²) < 4.78 is 0. The van der Waals surface area contributed by atoms with Gasteiger partial charge in [0.2, 0.25) is 11.8 Å². The Kier molecular flexibility index (Phi) is 7.25. The SMILES string of the molecule is CCCC(=O)Nc1ccc(CC(=O)NC[C@@H]2CCCC[C@@H]2O)cc1. The number of amides is 2. The van der Waals surface area contributed by atoms with Crippen molar-refractivity contribution < 1.29 is 14.7 Å². The van der Waals surface area contributed by atoms with Crippen LogP contribution in [0.5, 0.6) is 0 Å². The van der Waals surface area contributed by atoms with E-state index in [1.165, 1.54) is 0 Å². The van der Waals surface area contributed by atoms with E-state index >= 15 is 0 Å². The first-order valence-electron chi connectivity index (χ1n) is 8.92. The molecular formula is C19H28N2O3. The summed E-state index contributed by atoms with van der Waals surface area (Å²) >= 11 is 0. The van der Waals surface area contributed by atoms with Gasteiger partial charge in [0, 0.05) is 24.6 Å². The van der Waals surface area contributed by atoms with E-state index in [2.05, 4.69) is 10.6 Å². The highest BCUT2D eigenvalue weighted by atomic mass is 16.3. The van der Waals surface area contributed by atoms with Crippen LogP contribution in [0, 0.1) is 5.92 Å². The lowest BCUT2D eigenvalue weighted by Gasteiger charge is -2.27. The zero-order chi connectivity index (χ0) is 17.4. The van der Waals surface area contributed by atoms with E-state index in [4.69, 9.17) is 0 Å². The van der Waals surface area contributed by atoms with Gasteiger partial charge in [0.25, 0.3) is 0 Å². The van der Waals surface area contributed by atoms with Gasteiger partial charge in [0.1, 0.15) is 0 Å². The van der Waals surface area contributed by atoms with Gasteiger partial charge >= 0.3 is 0 Å². The second-order valence-corrected chi connectivity index (χ2v) is 6.59. The minimum absolute atomic E-state index is 0.00836. The number of nitrogens with one attached hydrogen (secondary N) is 2. The number of carbonyl (C=O) groups is 2. The van der Waals surface area contributed by atoms with Crippen molar-refractivity contribution in [1.82, 2.24) is 5.32 Å². The van der Waals surface area contributed by atoms with E-state index in [-0.39, 0.29) is 23.8 Å². The van der Waals surface area contributed by atoms with Crippen LogP contribution in [0.4, 0.5) is 5.69 Å². The van der Waals surface area contributed by atoms with Gasteiger partial charge in [-0.2, -0.15) is 0 Å². The van der Waals surface area contributed by atoms with Gasteiger partial charge in [-0.1, -0.05) is 31.9 Å². The first kappa shape index (κ1) is 18.5. The average Bonchev–Trinajstić information content (AvgIpc) is 2.56. The third-order valence-electron chi connectivity index (χ3n) is 4.51. The van der Waals surface area contributed by atoms with Crippen molar-refractivity contribution in [2.75, 3.05) is 11.9 Å². The predicted molar refractivity (Wildman–Crippen MR) is 94.7 cm³/mol. The van der Waals surface area contributed by atoms with E-state index < -0.39 is 0 Å². The van der Waals surface area contributed by atoms with Crippen LogP contribution in [-0.2, 0) is 16.0 Å². The molecule has 0 aromatic heterocycles. The van der Waals surface area contributed by atoms with Gasteiger partial charge in [0.15, 0.2) is 0 Å². The summed E-state index contributed by atoms with van der Waals surface area (Å²) in [7, 11) is 0. The molecule has 24 heavy (non-hydrogen) atoms. The molecular weight excluding hydrogens is 304 g/mol. The maximum Gasteiger partial charge on any atom is 0.224 e. The van der Waals surface area contributed by atoms with E-state index in [0.29, 0.717) is 19.4 Å². The Balaban J connectivity index is 1.76. The summed E-state index contributed by atoms with van der Waals surface area (Å²) in [4.78, 5) is 23.6. The highest BCUT2D eigenvalue weighted by Crippen LogP contribution is 2.23. The van der Waals surface area contributed by atoms with Gasteiger partial charge in [-0.05, 0) is 37.0 Å². The monoisotopic (exact) mass is 332 g/mol. The summed E-state index contributed by atoms with van der Waals surface area (Å²) in [5.41, 5.74) is 1.66. The Morgan fingerprint density at radius 1 is 1.12 bits per heavy atom. The highest BCUT2D eigenvalue weighted by molar-refractivity contribution is 5.90. The third-order valence-corrected chi connectivity index (χ3v) is 4.51. The molecule has 5 nitrogen and oxygen atoms in total. The van der Waals surface area contributed by atoms with Crippen molar-refractivity contribution in [3.63, 3.8) is 0 Å². The lowest BCUT2D eigenvalue weighted by atomic mass is 9.86. The van der Waals surface area contributed by atoms with Gasteiger partial charge in [-0.3, -0.25) is 9.59 Å². The van der Waals surface area contributed by atoms with Crippen LogP contribution in [0.15, 0.2) is 24.3 Å². The minimum atomic E-state index is -0.287. The lowest BCUT2D eigenvalue weighted by molar-refractivity contribution is -0.121. The molecule has 1 aromatic rings. The van der Waals surface area contributed by atoms with Crippen LogP contribution in [0.2, 0.25) is 0 Å². The fraction of sp³-hybridized carbons (Fsp3) is 0.579. The molecule has 0 bridgehead atoms. The summed E-state index contributed by atoms with van der Waals surface area (Å²) in [5, 5.41) is 15.7. The van der Waals surface area contributed by atoms with E-state index in [1.807, 2.05) is 31.2 Å². The molecule has 132 valence electrons. The van der Waals surface area contributed by atoms with E-state index in [0.717, 1.165) is 43.4 Å². The van der Waals surface area contributed by atoms with Crippen LogP contribution in [0.1, 0.15) is 51.0 Å².